The van der Waals surface area contributed by atoms with E-state index in [1.807, 2.05) is 12.1 Å². The number of thiophene rings is 1. The fraction of sp³-hybridized carbons (Fsp3) is 0.571. The molecule has 176 valence electrons. The van der Waals surface area contributed by atoms with Crippen molar-refractivity contribution in [2.24, 2.45) is 28.6 Å². The van der Waals surface area contributed by atoms with E-state index in [1.165, 1.54) is 31.3 Å². The van der Waals surface area contributed by atoms with Crippen LogP contribution in [0.4, 0.5) is 0 Å². The van der Waals surface area contributed by atoms with Crippen LogP contribution in [0, 0.1) is 28.6 Å². The van der Waals surface area contributed by atoms with E-state index < -0.39 is 0 Å². The van der Waals surface area contributed by atoms with E-state index in [-0.39, 0.29) is 10.8 Å². The number of carbonyl (C=O) groups is 1. The highest BCUT2D eigenvalue weighted by molar-refractivity contribution is 7.13. The van der Waals surface area contributed by atoms with Crippen LogP contribution in [0.25, 0.3) is 21.5 Å². The maximum atomic E-state index is 12.1. The Morgan fingerprint density at radius 1 is 1.06 bits per heavy atom. The number of allylic oxidation sites excluding steroid dienone is 1. The van der Waals surface area contributed by atoms with E-state index in [1.54, 1.807) is 17.6 Å². The lowest BCUT2D eigenvalue weighted by atomic mass is 9.46. The van der Waals surface area contributed by atoms with Crippen molar-refractivity contribution in [2.45, 2.75) is 71.1 Å². The smallest absolute Gasteiger partial charge is 0.155 e. The van der Waals surface area contributed by atoms with Crippen LogP contribution < -0.4 is 0 Å². The van der Waals surface area contributed by atoms with Crippen LogP contribution in [0.1, 0.15) is 76.8 Å². The molecule has 7 rings (SSSR count). The van der Waals surface area contributed by atoms with Gasteiger partial charge < -0.3 is 4.52 Å². The first-order valence-electron chi connectivity index (χ1n) is 12.9. The monoisotopic (exact) mass is 473 g/mol. The summed E-state index contributed by atoms with van der Waals surface area (Å²) in [5, 5.41) is 17.0. The van der Waals surface area contributed by atoms with E-state index in [9.17, 15) is 4.79 Å². The van der Waals surface area contributed by atoms with E-state index in [4.69, 9.17) is 9.62 Å². The fourth-order valence-electron chi connectivity index (χ4n) is 8.64. The summed E-state index contributed by atoms with van der Waals surface area (Å²) < 4.78 is 5.48. The van der Waals surface area contributed by atoms with Crippen LogP contribution in [-0.2, 0) is 4.79 Å². The molecular formula is C28H31N3O2S. The van der Waals surface area contributed by atoms with Gasteiger partial charge in [-0.05, 0) is 91.1 Å². The number of hydrogen-bond acceptors (Lipinski definition) is 6. The topological polar surface area (TPSA) is 68.9 Å². The number of hydrogen-bond donors (Lipinski definition) is 0. The summed E-state index contributed by atoms with van der Waals surface area (Å²) in [5.74, 6) is 2.90. The van der Waals surface area contributed by atoms with E-state index in [0.29, 0.717) is 23.5 Å². The first-order valence-corrected chi connectivity index (χ1v) is 13.8. The first kappa shape index (κ1) is 21.0. The zero-order chi connectivity index (χ0) is 23.1. The van der Waals surface area contributed by atoms with E-state index in [0.717, 1.165) is 58.8 Å². The molecule has 5 nitrogen and oxygen atoms in total. The van der Waals surface area contributed by atoms with Crippen LogP contribution >= 0.6 is 11.3 Å². The maximum Gasteiger partial charge on any atom is 0.155 e. The molecule has 4 aliphatic carbocycles. The lowest BCUT2D eigenvalue weighted by molar-refractivity contribution is -0.117. The van der Waals surface area contributed by atoms with Gasteiger partial charge in [0, 0.05) is 12.3 Å². The van der Waals surface area contributed by atoms with E-state index in [2.05, 4.69) is 35.5 Å². The minimum absolute atomic E-state index is 0.222. The van der Waals surface area contributed by atoms with Crippen molar-refractivity contribution in [3.8, 4) is 10.6 Å². The Bertz CT molecular complexity index is 1310. The summed E-state index contributed by atoms with van der Waals surface area (Å²) in [6.07, 6.45) is 12.8. The normalized spacial score (nSPS) is 37.2. The van der Waals surface area contributed by atoms with Crippen LogP contribution in [0.5, 0.6) is 0 Å². The van der Waals surface area contributed by atoms with Crippen molar-refractivity contribution in [2.75, 3.05) is 0 Å². The minimum Gasteiger partial charge on any atom is -0.363 e. The number of fused-ring (bicyclic) bond motifs is 6. The molecule has 3 aromatic heterocycles. The second-order valence-corrected chi connectivity index (χ2v) is 12.6. The molecule has 0 aliphatic heterocycles. The molecule has 0 radical (unpaired) electrons. The second kappa shape index (κ2) is 7.33. The maximum absolute atomic E-state index is 12.1. The van der Waals surface area contributed by atoms with Gasteiger partial charge in [-0.2, -0.15) is 5.10 Å². The molecule has 6 heteroatoms. The van der Waals surface area contributed by atoms with Crippen molar-refractivity contribution in [1.29, 1.82) is 0 Å². The molecule has 0 amide bonds. The molecule has 4 aliphatic rings. The molecule has 0 spiro atoms. The molecule has 0 bridgehead atoms. The highest BCUT2D eigenvalue weighted by Crippen LogP contribution is 2.68. The summed E-state index contributed by atoms with van der Waals surface area (Å²) in [4.78, 5) is 13.2. The summed E-state index contributed by atoms with van der Waals surface area (Å²) in [6, 6.07) is 4.11. The third-order valence-corrected chi connectivity index (χ3v) is 11.3. The van der Waals surface area contributed by atoms with Crippen molar-refractivity contribution >= 4 is 28.0 Å². The molecule has 3 heterocycles. The second-order valence-electron chi connectivity index (χ2n) is 11.6. The number of ketones is 1. The Morgan fingerprint density at radius 2 is 1.97 bits per heavy atom. The van der Waals surface area contributed by atoms with Gasteiger partial charge in [0.1, 0.15) is 17.5 Å². The highest BCUT2D eigenvalue weighted by atomic mass is 32.1. The predicted molar refractivity (Wildman–Crippen MR) is 132 cm³/mol. The van der Waals surface area contributed by atoms with Gasteiger partial charge in [0.05, 0.1) is 16.0 Å². The van der Waals surface area contributed by atoms with Gasteiger partial charge in [-0.1, -0.05) is 30.6 Å². The Hall–Kier alpha value is -2.34. The van der Waals surface area contributed by atoms with Gasteiger partial charge >= 0.3 is 0 Å². The molecule has 0 N–H and O–H groups in total. The molecule has 0 aromatic carbocycles. The van der Waals surface area contributed by atoms with Crippen molar-refractivity contribution < 1.29 is 9.32 Å². The predicted octanol–water partition coefficient (Wildman–Crippen LogP) is 6.96. The fourth-order valence-corrected chi connectivity index (χ4v) is 9.35. The molecule has 3 saturated carbocycles. The number of carbonyl (C=O) groups excluding carboxylic acids is 1. The van der Waals surface area contributed by atoms with Gasteiger partial charge in [0.2, 0.25) is 0 Å². The standard InChI is InChI=1S/C28H31N3O2S/c1-27-11-9-17(32)14-16(27)5-6-18-20-7-8-22(28(20,2)12-10-21(18)27)24-19-15-33-31-25(19)26(30-29-24)23-4-3-13-34-23/h3-4,13-15,18,20-22H,5-12H2,1-2H3/t18-,20-,21-,22+,27-,28-/m0/s1. The average Bonchev–Trinajstić information content (AvgIpc) is 3.58. The summed E-state index contributed by atoms with van der Waals surface area (Å²) in [5.41, 5.74) is 4.67. The molecule has 6 atom stereocenters. The number of rotatable bonds is 2. The highest BCUT2D eigenvalue weighted by Gasteiger charge is 2.59. The SMILES string of the molecule is C[C@]12CC[C@H]3[C@@H](CCC4=CC(=O)CC[C@@]43C)[C@@H]1CC[C@@H]2c1nnc(-c2cccs2)c2nocc12. The van der Waals surface area contributed by atoms with E-state index >= 15 is 0 Å². The van der Waals surface area contributed by atoms with Gasteiger partial charge in [-0.25, -0.2) is 0 Å². The van der Waals surface area contributed by atoms with Crippen molar-refractivity contribution in [3.05, 3.63) is 41.1 Å². The molecule has 3 aromatic rings. The Balaban J connectivity index is 1.25. The van der Waals surface area contributed by atoms with Crippen molar-refractivity contribution in [1.82, 2.24) is 15.4 Å². The largest absolute Gasteiger partial charge is 0.363 e. The van der Waals surface area contributed by atoms with Gasteiger partial charge in [-0.3, -0.25) is 4.79 Å². The molecule has 0 saturated heterocycles. The quantitative estimate of drug-likeness (QED) is 0.402. The lowest BCUT2D eigenvalue weighted by Gasteiger charge is -2.58. The molecule has 0 unspecified atom stereocenters. The first-order chi connectivity index (χ1) is 16.5. The third kappa shape index (κ3) is 2.78. The Labute approximate surface area is 204 Å². The lowest BCUT2D eigenvalue weighted by Crippen LogP contribution is -2.50. The zero-order valence-corrected chi connectivity index (χ0v) is 20.7. The van der Waals surface area contributed by atoms with Gasteiger partial charge in [-0.15, -0.1) is 16.4 Å². The zero-order valence-electron chi connectivity index (χ0n) is 19.9. The minimum atomic E-state index is 0.222. The summed E-state index contributed by atoms with van der Waals surface area (Å²) in [6.45, 7) is 4.99. The summed E-state index contributed by atoms with van der Waals surface area (Å²) in [7, 11) is 0. The van der Waals surface area contributed by atoms with Crippen LogP contribution in [0.3, 0.4) is 0 Å². The van der Waals surface area contributed by atoms with Crippen LogP contribution in [0.2, 0.25) is 0 Å². The van der Waals surface area contributed by atoms with Gasteiger partial charge in [0.25, 0.3) is 0 Å². The number of nitrogens with zero attached hydrogens (tertiary/aromatic N) is 3. The Morgan fingerprint density at radius 3 is 2.82 bits per heavy atom. The average molecular weight is 474 g/mol. The summed E-state index contributed by atoms with van der Waals surface area (Å²) >= 11 is 1.66. The van der Waals surface area contributed by atoms with Crippen LogP contribution in [-0.4, -0.2) is 21.1 Å². The Kier molecular flexibility index (Phi) is 4.52. The molecule has 34 heavy (non-hydrogen) atoms. The van der Waals surface area contributed by atoms with Gasteiger partial charge in [0.15, 0.2) is 5.78 Å². The van der Waals surface area contributed by atoms with Crippen LogP contribution in [0.15, 0.2) is 39.9 Å². The van der Waals surface area contributed by atoms with Crippen molar-refractivity contribution in [3.63, 3.8) is 0 Å². The number of aromatic nitrogens is 3. The third-order valence-electron chi connectivity index (χ3n) is 10.4. The molecular weight excluding hydrogens is 442 g/mol. The molecule has 3 fully saturated rings.